The Kier molecular flexibility index (Phi) is 6.31. The first-order valence-corrected chi connectivity index (χ1v) is 10.2. The van der Waals surface area contributed by atoms with E-state index in [2.05, 4.69) is 4.74 Å². The molecule has 2 heterocycles. The third-order valence-corrected chi connectivity index (χ3v) is 5.32. The molecule has 0 saturated carbocycles. The van der Waals surface area contributed by atoms with Crippen molar-refractivity contribution in [3.05, 3.63) is 82.8 Å². The van der Waals surface area contributed by atoms with Crippen LogP contribution in [0.2, 0.25) is 0 Å². The summed E-state index contributed by atoms with van der Waals surface area (Å²) in [5, 5.41) is 0. The number of fused-ring (bicyclic) bond motifs is 1. The van der Waals surface area contributed by atoms with Gasteiger partial charge < -0.3 is 18.8 Å². The van der Waals surface area contributed by atoms with Gasteiger partial charge in [0.1, 0.15) is 5.76 Å². The number of amides is 3. The van der Waals surface area contributed by atoms with Crippen LogP contribution in [0.4, 0.5) is 8.78 Å². The van der Waals surface area contributed by atoms with Gasteiger partial charge in [-0.1, -0.05) is 6.07 Å². The highest BCUT2D eigenvalue weighted by atomic mass is 19.3. The van der Waals surface area contributed by atoms with E-state index in [-0.39, 0.29) is 41.3 Å². The SMILES string of the molecule is COc1ccc(CN(C)C(=O)c2ccc3c(c2)C(=O)N(Cc2ccco2)C3=O)cc1OC(F)F. The molecule has 10 heteroatoms. The fourth-order valence-corrected chi connectivity index (χ4v) is 3.70. The summed E-state index contributed by atoms with van der Waals surface area (Å²) >= 11 is 0. The molecular weight excluding hydrogens is 450 g/mol. The molecule has 3 amide bonds. The number of imide groups is 1. The van der Waals surface area contributed by atoms with Gasteiger partial charge in [0.25, 0.3) is 17.7 Å². The number of halogens is 2. The molecule has 0 atom stereocenters. The Bertz CT molecular complexity index is 1240. The number of carbonyl (C=O) groups is 3. The van der Waals surface area contributed by atoms with Crippen molar-refractivity contribution in [1.82, 2.24) is 9.80 Å². The van der Waals surface area contributed by atoms with E-state index in [1.807, 2.05) is 0 Å². The van der Waals surface area contributed by atoms with Gasteiger partial charge in [-0.25, -0.2) is 0 Å². The number of alkyl halides is 2. The van der Waals surface area contributed by atoms with Crippen LogP contribution in [-0.2, 0) is 13.1 Å². The predicted molar refractivity (Wildman–Crippen MR) is 115 cm³/mol. The predicted octanol–water partition coefficient (Wildman–Crippen LogP) is 3.96. The molecule has 176 valence electrons. The Morgan fingerprint density at radius 3 is 2.50 bits per heavy atom. The lowest BCUT2D eigenvalue weighted by Gasteiger charge is -2.19. The number of methoxy groups -OCH3 is 1. The van der Waals surface area contributed by atoms with E-state index in [0.29, 0.717) is 11.3 Å². The Balaban J connectivity index is 1.51. The van der Waals surface area contributed by atoms with Gasteiger partial charge in [0.15, 0.2) is 11.5 Å². The van der Waals surface area contributed by atoms with Gasteiger partial charge >= 0.3 is 6.61 Å². The molecule has 0 unspecified atom stereocenters. The Morgan fingerprint density at radius 2 is 1.82 bits per heavy atom. The van der Waals surface area contributed by atoms with Gasteiger partial charge in [-0.05, 0) is 48.0 Å². The number of hydrogen-bond acceptors (Lipinski definition) is 6. The van der Waals surface area contributed by atoms with Crippen molar-refractivity contribution in [3.63, 3.8) is 0 Å². The van der Waals surface area contributed by atoms with Crippen LogP contribution in [0.15, 0.2) is 59.2 Å². The van der Waals surface area contributed by atoms with E-state index in [4.69, 9.17) is 9.15 Å². The third kappa shape index (κ3) is 4.47. The highest BCUT2D eigenvalue weighted by Gasteiger charge is 2.36. The second-order valence-electron chi connectivity index (χ2n) is 7.56. The molecule has 2 aromatic carbocycles. The quantitative estimate of drug-likeness (QED) is 0.463. The zero-order chi connectivity index (χ0) is 24.4. The van der Waals surface area contributed by atoms with Crippen LogP contribution >= 0.6 is 0 Å². The van der Waals surface area contributed by atoms with Gasteiger partial charge in [-0.2, -0.15) is 8.78 Å². The van der Waals surface area contributed by atoms with E-state index in [9.17, 15) is 23.2 Å². The lowest BCUT2D eigenvalue weighted by atomic mass is 10.0. The van der Waals surface area contributed by atoms with Crippen molar-refractivity contribution in [2.75, 3.05) is 14.2 Å². The molecule has 4 rings (SSSR count). The highest BCUT2D eigenvalue weighted by molar-refractivity contribution is 6.22. The first-order valence-electron chi connectivity index (χ1n) is 10.2. The second kappa shape index (κ2) is 9.34. The highest BCUT2D eigenvalue weighted by Crippen LogP contribution is 2.30. The monoisotopic (exact) mass is 470 g/mol. The molecule has 0 aliphatic carbocycles. The van der Waals surface area contributed by atoms with Crippen molar-refractivity contribution < 1.29 is 37.1 Å². The number of benzene rings is 2. The Morgan fingerprint density at radius 1 is 1.06 bits per heavy atom. The number of ether oxygens (including phenoxy) is 2. The lowest BCUT2D eigenvalue weighted by Crippen LogP contribution is -2.29. The molecule has 8 nitrogen and oxygen atoms in total. The van der Waals surface area contributed by atoms with Crippen LogP contribution in [-0.4, -0.2) is 48.3 Å². The summed E-state index contributed by atoms with van der Waals surface area (Å²) in [4.78, 5) is 40.9. The maximum atomic E-state index is 13.0. The van der Waals surface area contributed by atoms with Crippen LogP contribution < -0.4 is 9.47 Å². The van der Waals surface area contributed by atoms with Gasteiger partial charge in [-0.15, -0.1) is 0 Å². The van der Waals surface area contributed by atoms with Crippen LogP contribution in [0, 0.1) is 0 Å². The van der Waals surface area contributed by atoms with Crippen LogP contribution in [0.25, 0.3) is 0 Å². The normalized spacial score (nSPS) is 12.8. The van der Waals surface area contributed by atoms with Gasteiger partial charge in [0, 0.05) is 19.2 Å². The standard InChI is InChI=1S/C24H20F2N2O6/c1-27(12-14-5-8-19(32-2)20(10-14)34-24(25)26)21(29)15-6-7-17-18(11-15)23(31)28(22(17)30)13-16-4-3-9-33-16/h3-11,24H,12-13H2,1-2H3. The molecule has 0 saturated heterocycles. The van der Waals surface area contributed by atoms with E-state index in [0.717, 1.165) is 4.90 Å². The maximum Gasteiger partial charge on any atom is 0.387 e. The molecule has 3 aromatic rings. The minimum absolute atomic E-state index is 0.0109. The molecule has 1 aliphatic rings. The molecule has 0 N–H and O–H groups in total. The van der Waals surface area contributed by atoms with E-state index in [1.165, 1.54) is 55.7 Å². The zero-order valence-corrected chi connectivity index (χ0v) is 18.3. The van der Waals surface area contributed by atoms with Crippen LogP contribution in [0.1, 0.15) is 42.4 Å². The molecule has 34 heavy (non-hydrogen) atoms. The Labute approximate surface area is 193 Å². The summed E-state index contributed by atoms with van der Waals surface area (Å²) in [6.07, 6.45) is 1.45. The van der Waals surface area contributed by atoms with Crippen LogP contribution in [0.5, 0.6) is 11.5 Å². The summed E-state index contributed by atoms with van der Waals surface area (Å²) in [6, 6.07) is 12.1. The first kappa shape index (κ1) is 23.0. The van der Waals surface area contributed by atoms with Crippen LogP contribution in [0.3, 0.4) is 0 Å². The zero-order valence-electron chi connectivity index (χ0n) is 18.3. The molecule has 0 fully saturated rings. The largest absolute Gasteiger partial charge is 0.493 e. The third-order valence-electron chi connectivity index (χ3n) is 5.32. The summed E-state index contributed by atoms with van der Waals surface area (Å²) in [5.41, 5.74) is 1.08. The van der Waals surface area contributed by atoms with Crippen molar-refractivity contribution in [2.24, 2.45) is 0 Å². The summed E-state index contributed by atoms with van der Waals surface area (Å²) in [7, 11) is 2.86. The molecule has 0 bridgehead atoms. The topological polar surface area (TPSA) is 89.3 Å². The summed E-state index contributed by atoms with van der Waals surface area (Å²) in [6.45, 7) is -2.96. The molecular formula is C24H20F2N2O6. The average Bonchev–Trinajstić information content (AvgIpc) is 3.41. The number of hydrogen-bond donors (Lipinski definition) is 0. The molecule has 0 spiro atoms. The van der Waals surface area contributed by atoms with E-state index < -0.39 is 24.3 Å². The lowest BCUT2D eigenvalue weighted by molar-refractivity contribution is -0.0512. The van der Waals surface area contributed by atoms with Crippen molar-refractivity contribution >= 4 is 17.7 Å². The second-order valence-corrected chi connectivity index (χ2v) is 7.56. The smallest absolute Gasteiger partial charge is 0.387 e. The fourth-order valence-electron chi connectivity index (χ4n) is 3.70. The van der Waals surface area contributed by atoms with Gasteiger partial charge in [-0.3, -0.25) is 19.3 Å². The molecule has 1 aliphatic heterocycles. The number of rotatable bonds is 8. The minimum atomic E-state index is -3.03. The van der Waals surface area contributed by atoms with Crippen molar-refractivity contribution in [2.45, 2.75) is 19.7 Å². The van der Waals surface area contributed by atoms with E-state index >= 15 is 0 Å². The van der Waals surface area contributed by atoms with Crippen molar-refractivity contribution in [1.29, 1.82) is 0 Å². The van der Waals surface area contributed by atoms with Gasteiger partial charge in [0.05, 0.1) is 31.0 Å². The average molecular weight is 470 g/mol. The van der Waals surface area contributed by atoms with E-state index in [1.54, 1.807) is 18.2 Å². The minimum Gasteiger partial charge on any atom is -0.493 e. The number of furan rings is 1. The molecule has 0 radical (unpaired) electrons. The summed E-state index contributed by atoms with van der Waals surface area (Å²) in [5.74, 6) is -0.945. The maximum absolute atomic E-state index is 13.0. The van der Waals surface area contributed by atoms with Crippen molar-refractivity contribution in [3.8, 4) is 11.5 Å². The Hall–Kier alpha value is -4.21. The molecule has 1 aromatic heterocycles. The number of carbonyl (C=O) groups excluding carboxylic acids is 3. The summed E-state index contributed by atoms with van der Waals surface area (Å²) < 4.78 is 40.1. The first-order chi connectivity index (χ1) is 16.3. The number of nitrogens with zero attached hydrogens (tertiary/aromatic N) is 2. The fraction of sp³-hybridized carbons (Fsp3) is 0.208. The van der Waals surface area contributed by atoms with Gasteiger partial charge in [0.2, 0.25) is 0 Å².